The Kier molecular flexibility index (Phi) is 5.29. The molecule has 5 nitrogen and oxygen atoms in total. The maximum atomic E-state index is 11.6. The highest BCUT2D eigenvalue weighted by Gasteiger charge is 2.11. The van der Waals surface area contributed by atoms with E-state index in [0.717, 1.165) is 5.69 Å². The fraction of sp³-hybridized carbons (Fsp3) is 0.417. The van der Waals surface area contributed by atoms with Crippen LogP contribution in [0.5, 0.6) is 0 Å². The first-order valence-corrected chi connectivity index (χ1v) is 5.52. The number of methoxy groups -OCH3 is 1. The molecule has 17 heavy (non-hydrogen) atoms. The van der Waals surface area contributed by atoms with E-state index in [1.807, 2.05) is 12.1 Å². The minimum atomic E-state index is -0.296. The van der Waals surface area contributed by atoms with Crippen molar-refractivity contribution in [3.63, 3.8) is 0 Å². The van der Waals surface area contributed by atoms with E-state index in [-0.39, 0.29) is 11.9 Å². The van der Waals surface area contributed by atoms with Gasteiger partial charge in [-0.25, -0.2) is 0 Å². The Labute approximate surface area is 101 Å². The van der Waals surface area contributed by atoms with Gasteiger partial charge in [0.05, 0.1) is 6.61 Å². The molecule has 0 aromatic heterocycles. The van der Waals surface area contributed by atoms with E-state index in [0.29, 0.717) is 18.8 Å². The number of nitrogen functional groups attached to an aromatic ring is 1. The number of nitrogens with two attached hydrogens (primary N) is 1. The summed E-state index contributed by atoms with van der Waals surface area (Å²) in [5.41, 5.74) is 7.15. The molecule has 0 heterocycles. The zero-order valence-corrected chi connectivity index (χ0v) is 10.2. The average Bonchev–Trinajstić information content (AvgIpc) is 2.32. The topological polar surface area (TPSA) is 76.4 Å². The third-order valence-corrected chi connectivity index (χ3v) is 2.29. The zero-order chi connectivity index (χ0) is 12.7. The Morgan fingerprint density at radius 2 is 2.06 bits per heavy atom. The highest BCUT2D eigenvalue weighted by Crippen LogP contribution is 2.11. The molecule has 1 aromatic carbocycles. The van der Waals surface area contributed by atoms with Crippen LogP contribution in [0.15, 0.2) is 24.3 Å². The van der Waals surface area contributed by atoms with Gasteiger partial charge in [0.1, 0.15) is 6.04 Å². The predicted molar refractivity (Wildman–Crippen MR) is 68.8 cm³/mol. The van der Waals surface area contributed by atoms with Crippen LogP contribution in [0.4, 0.5) is 11.4 Å². The molecule has 1 aromatic rings. The van der Waals surface area contributed by atoms with Crippen LogP contribution in [0.3, 0.4) is 0 Å². The SMILES string of the molecule is COCCNC(=O)C(C)Nc1ccc(N)cc1. The first-order chi connectivity index (χ1) is 8.13. The maximum Gasteiger partial charge on any atom is 0.242 e. The number of carbonyl (C=O) groups is 1. The molecule has 0 aliphatic carbocycles. The molecule has 1 atom stereocenters. The molecule has 0 fully saturated rings. The van der Waals surface area contributed by atoms with Gasteiger partial charge in [-0.15, -0.1) is 0 Å². The Morgan fingerprint density at radius 3 is 2.65 bits per heavy atom. The summed E-state index contributed by atoms with van der Waals surface area (Å²) in [7, 11) is 1.60. The van der Waals surface area contributed by atoms with Gasteiger partial charge in [-0.2, -0.15) is 0 Å². The average molecular weight is 237 g/mol. The second-order valence-corrected chi connectivity index (χ2v) is 3.77. The van der Waals surface area contributed by atoms with E-state index in [1.54, 1.807) is 26.2 Å². The van der Waals surface area contributed by atoms with E-state index in [1.165, 1.54) is 0 Å². The van der Waals surface area contributed by atoms with Crippen LogP contribution in [0, 0.1) is 0 Å². The van der Waals surface area contributed by atoms with Crippen LogP contribution < -0.4 is 16.4 Å². The third-order valence-electron chi connectivity index (χ3n) is 2.29. The number of carbonyl (C=O) groups excluding carboxylic acids is 1. The number of hydrogen-bond acceptors (Lipinski definition) is 4. The number of benzene rings is 1. The van der Waals surface area contributed by atoms with Gasteiger partial charge in [0, 0.05) is 25.0 Å². The summed E-state index contributed by atoms with van der Waals surface area (Å²) in [6, 6.07) is 6.97. The summed E-state index contributed by atoms with van der Waals surface area (Å²) in [6.07, 6.45) is 0. The quantitative estimate of drug-likeness (QED) is 0.506. The van der Waals surface area contributed by atoms with E-state index in [4.69, 9.17) is 10.5 Å². The second kappa shape index (κ2) is 6.75. The highest BCUT2D eigenvalue weighted by atomic mass is 16.5. The van der Waals surface area contributed by atoms with Crippen LogP contribution in [0.25, 0.3) is 0 Å². The van der Waals surface area contributed by atoms with Gasteiger partial charge in [0.25, 0.3) is 0 Å². The van der Waals surface area contributed by atoms with Gasteiger partial charge >= 0.3 is 0 Å². The minimum absolute atomic E-state index is 0.0566. The fourth-order valence-corrected chi connectivity index (χ4v) is 1.32. The summed E-state index contributed by atoms with van der Waals surface area (Å²) >= 11 is 0. The Bertz CT molecular complexity index is 351. The number of rotatable bonds is 6. The van der Waals surface area contributed by atoms with Crippen LogP contribution in [0.1, 0.15) is 6.92 Å². The molecule has 0 aliphatic heterocycles. The normalized spacial score (nSPS) is 11.9. The van der Waals surface area contributed by atoms with Crippen molar-refractivity contribution >= 4 is 17.3 Å². The van der Waals surface area contributed by atoms with Gasteiger partial charge < -0.3 is 21.1 Å². The van der Waals surface area contributed by atoms with Gasteiger partial charge in [-0.1, -0.05) is 0 Å². The molecule has 0 bridgehead atoms. The Hall–Kier alpha value is -1.75. The largest absolute Gasteiger partial charge is 0.399 e. The molecule has 4 N–H and O–H groups in total. The maximum absolute atomic E-state index is 11.6. The van der Waals surface area contributed by atoms with E-state index >= 15 is 0 Å². The van der Waals surface area contributed by atoms with E-state index < -0.39 is 0 Å². The standard InChI is InChI=1S/C12H19N3O2/c1-9(12(16)14-7-8-17-2)15-11-5-3-10(13)4-6-11/h3-6,9,15H,7-8,13H2,1-2H3,(H,14,16). The van der Waals surface area contributed by atoms with Crippen LogP contribution >= 0.6 is 0 Å². The number of ether oxygens (including phenoxy) is 1. The first kappa shape index (κ1) is 13.3. The van der Waals surface area contributed by atoms with Gasteiger partial charge in [-0.3, -0.25) is 4.79 Å². The van der Waals surface area contributed by atoms with Crippen molar-refractivity contribution < 1.29 is 9.53 Å². The molecule has 1 amide bonds. The lowest BCUT2D eigenvalue weighted by molar-refractivity contribution is -0.121. The molecule has 0 radical (unpaired) electrons. The number of amides is 1. The third kappa shape index (κ3) is 4.74. The lowest BCUT2D eigenvalue weighted by Gasteiger charge is -2.15. The molecule has 5 heteroatoms. The van der Waals surface area contributed by atoms with Crippen LogP contribution in [-0.4, -0.2) is 32.2 Å². The first-order valence-electron chi connectivity index (χ1n) is 5.52. The number of nitrogens with one attached hydrogen (secondary N) is 2. The lowest BCUT2D eigenvalue weighted by Crippen LogP contribution is -2.39. The van der Waals surface area contributed by atoms with Crippen LogP contribution in [0.2, 0.25) is 0 Å². The van der Waals surface area contributed by atoms with Crippen molar-refractivity contribution in [2.24, 2.45) is 0 Å². The van der Waals surface area contributed by atoms with Crippen molar-refractivity contribution in [2.75, 3.05) is 31.3 Å². The van der Waals surface area contributed by atoms with Crippen LogP contribution in [-0.2, 0) is 9.53 Å². The Morgan fingerprint density at radius 1 is 1.41 bits per heavy atom. The monoisotopic (exact) mass is 237 g/mol. The van der Waals surface area contributed by atoms with Gasteiger partial charge in [-0.05, 0) is 31.2 Å². The molecule has 0 spiro atoms. The molecule has 1 rings (SSSR count). The molecule has 0 saturated heterocycles. The van der Waals surface area contributed by atoms with E-state index in [2.05, 4.69) is 10.6 Å². The van der Waals surface area contributed by atoms with Crippen molar-refractivity contribution in [3.8, 4) is 0 Å². The van der Waals surface area contributed by atoms with Gasteiger partial charge in [0.15, 0.2) is 0 Å². The van der Waals surface area contributed by atoms with Crippen molar-refractivity contribution in [1.29, 1.82) is 0 Å². The lowest BCUT2D eigenvalue weighted by atomic mass is 10.2. The molecule has 1 unspecified atom stereocenters. The summed E-state index contributed by atoms with van der Waals surface area (Å²) in [4.78, 5) is 11.6. The molecular formula is C12H19N3O2. The molecule has 0 aliphatic rings. The minimum Gasteiger partial charge on any atom is -0.399 e. The predicted octanol–water partition coefficient (Wildman–Crippen LogP) is 0.832. The molecule has 94 valence electrons. The Balaban J connectivity index is 2.40. The second-order valence-electron chi connectivity index (χ2n) is 3.77. The summed E-state index contributed by atoms with van der Waals surface area (Å²) in [5.74, 6) is -0.0566. The van der Waals surface area contributed by atoms with Gasteiger partial charge in [0.2, 0.25) is 5.91 Å². The van der Waals surface area contributed by atoms with Crippen molar-refractivity contribution in [2.45, 2.75) is 13.0 Å². The fourth-order valence-electron chi connectivity index (χ4n) is 1.32. The highest BCUT2D eigenvalue weighted by molar-refractivity contribution is 5.84. The summed E-state index contributed by atoms with van der Waals surface area (Å²) in [5, 5.41) is 5.85. The number of hydrogen-bond donors (Lipinski definition) is 3. The molecule has 0 saturated carbocycles. The van der Waals surface area contributed by atoms with Crippen molar-refractivity contribution in [1.82, 2.24) is 5.32 Å². The van der Waals surface area contributed by atoms with E-state index in [9.17, 15) is 4.79 Å². The zero-order valence-electron chi connectivity index (χ0n) is 10.2. The molecular weight excluding hydrogens is 218 g/mol. The van der Waals surface area contributed by atoms with Crippen molar-refractivity contribution in [3.05, 3.63) is 24.3 Å². The summed E-state index contributed by atoms with van der Waals surface area (Å²) < 4.78 is 4.85. The summed E-state index contributed by atoms with van der Waals surface area (Å²) in [6.45, 7) is 2.84. The number of anilines is 2. The smallest absolute Gasteiger partial charge is 0.242 e.